The Morgan fingerprint density at radius 3 is 2.28 bits per heavy atom. The number of benzene rings is 4. The van der Waals surface area contributed by atoms with E-state index < -0.39 is 45.7 Å². The minimum Gasteiger partial charge on any atom is -0.497 e. The lowest BCUT2D eigenvalue weighted by molar-refractivity contribution is -0.384. The summed E-state index contributed by atoms with van der Waals surface area (Å²) in [5, 5.41) is 11.5. The number of carbonyl (C=O) groups excluding carboxylic acids is 3. The highest BCUT2D eigenvalue weighted by Crippen LogP contribution is 2.61. The third kappa shape index (κ3) is 3.64. The summed E-state index contributed by atoms with van der Waals surface area (Å²) >= 11 is 0. The second kappa shape index (κ2) is 9.55. The molecule has 4 aromatic rings. The van der Waals surface area contributed by atoms with Crippen LogP contribution in [-0.2, 0) is 0 Å². The number of ether oxygens (including phenoxy) is 1. The topological polar surface area (TPSA) is 107 Å². The van der Waals surface area contributed by atoms with Crippen molar-refractivity contribution in [2.45, 2.75) is 18.0 Å². The Hall–Kier alpha value is -5.44. The van der Waals surface area contributed by atoms with Crippen molar-refractivity contribution in [3.05, 3.63) is 141 Å². The zero-order valence-corrected chi connectivity index (χ0v) is 22.8. The summed E-state index contributed by atoms with van der Waals surface area (Å²) in [7, 11) is 1.48. The lowest BCUT2D eigenvalue weighted by Crippen LogP contribution is -2.48. The average molecular weight is 575 g/mol. The predicted molar refractivity (Wildman–Crippen MR) is 156 cm³/mol. The van der Waals surface area contributed by atoms with Crippen LogP contribution in [0.25, 0.3) is 6.08 Å². The van der Waals surface area contributed by atoms with Gasteiger partial charge in [0.2, 0.25) is 0 Å². The summed E-state index contributed by atoms with van der Waals surface area (Å²) in [6.45, 7) is 0. The summed E-state index contributed by atoms with van der Waals surface area (Å²) in [5.74, 6) is -2.32. The maximum Gasteiger partial charge on any atom is 0.269 e. The molecule has 7 rings (SSSR count). The van der Waals surface area contributed by atoms with Crippen molar-refractivity contribution in [1.82, 2.24) is 0 Å². The van der Waals surface area contributed by atoms with Crippen LogP contribution in [0.4, 0.5) is 15.8 Å². The van der Waals surface area contributed by atoms with Crippen LogP contribution < -0.4 is 9.64 Å². The van der Waals surface area contributed by atoms with Gasteiger partial charge < -0.3 is 9.64 Å². The van der Waals surface area contributed by atoms with Gasteiger partial charge in [0.15, 0.2) is 17.3 Å². The molecule has 0 saturated carbocycles. The normalized spacial score (nSPS) is 21.0. The number of non-ortho nitro benzene ring substituents is 1. The molecule has 212 valence electrons. The molecule has 0 N–H and O–H groups in total. The maximum atomic E-state index is 14.7. The molecule has 43 heavy (non-hydrogen) atoms. The Morgan fingerprint density at radius 2 is 1.63 bits per heavy atom. The van der Waals surface area contributed by atoms with Crippen LogP contribution in [0.5, 0.6) is 5.75 Å². The molecule has 0 unspecified atom stereocenters. The number of anilines is 1. The summed E-state index contributed by atoms with van der Waals surface area (Å²) in [6, 6.07) is 21.0. The van der Waals surface area contributed by atoms with Crippen LogP contribution in [-0.4, -0.2) is 41.5 Å². The molecule has 4 aromatic carbocycles. The van der Waals surface area contributed by atoms with Gasteiger partial charge in [-0.1, -0.05) is 60.7 Å². The van der Waals surface area contributed by atoms with Gasteiger partial charge in [-0.15, -0.1) is 0 Å². The summed E-state index contributed by atoms with van der Waals surface area (Å²) in [6.07, 6.45) is 3.37. The summed E-state index contributed by atoms with van der Waals surface area (Å²) < 4.78 is 19.8. The second-order valence-electron chi connectivity index (χ2n) is 10.9. The first-order chi connectivity index (χ1) is 20.8. The van der Waals surface area contributed by atoms with E-state index in [0.717, 1.165) is 0 Å². The number of Topliss-reactive ketones (excluding diaryl/α,β-unsaturated/α-hetero) is 3. The Balaban J connectivity index is 1.54. The van der Waals surface area contributed by atoms with E-state index >= 15 is 0 Å². The van der Waals surface area contributed by atoms with Crippen molar-refractivity contribution in [2.75, 3.05) is 12.0 Å². The van der Waals surface area contributed by atoms with Gasteiger partial charge in [-0.3, -0.25) is 24.5 Å². The Morgan fingerprint density at radius 1 is 0.930 bits per heavy atom. The van der Waals surface area contributed by atoms with E-state index in [1.54, 1.807) is 71.6 Å². The maximum absolute atomic E-state index is 14.7. The van der Waals surface area contributed by atoms with Crippen molar-refractivity contribution in [1.29, 1.82) is 0 Å². The minimum absolute atomic E-state index is 0.169. The molecule has 8 nitrogen and oxygen atoms in total. The van der Waals surface area contributed by atoms with Crippen LogP contribution >= 0.6 is 0 Å². The van der Waals surface area contributed by atoms with Crippen molar-refractivity contribution in [2.24, 2.45) is 5.41 Å². The Bertz CT molecular complexity index is 1860. The fraction of sp³-hybridized carbons (Fsp3) is 0.147. The van der Waals surface area contributed by atoms with Crippen molar-refractivity contribution in [3.8, 4) is 5.75 Å². The van der Waals surface area contributed by atoms with Crippen LogP contribution in [0.1, 0.15) is 48.1 Å². The predicted octanol–water partition coefficient (Wildman–Crippen LogP) is 6.06. The van der Waals surface area contributed by atoms with Crippen molar-refractivity contribution >= 4 is 34.8 Å². The van der Waals surface area contributed by atoms with Gasteiger partial charge in [0.05, 0.1) is 18.1 Å². The van der Waals surface area contributed by atoms with Gasteiger partial charge in [-0.25, -0.2) is 4.39 Å². The van der Waals surface area contributed by atoms with Crippen molar-refractivity contribution in [3.63, 3.8) is 0 Å². The molecule has 1 aliphatic carbocycles. The van der Waals surface area contributed by atoms with E-state index in [1.165, 1.54) is 43.5 Å². The average Bonchev–Trinajstić information content (AvgIpc) is 3.46. The third-order valence-corrected chi connectivity index (χ3v) is 8.85. The number of nitro benzene ring substituents is 1. The molecular formula is C34H23FN2O6. The number of hydrogen-bond acceptors (Lipinski definition) is 7. The number of rotatable bonds is 5. The standard InChI is InChI=1S/C34H23FN2O6/c1-43-24-6-4-5-21(18-24)31(38)30-29(19-9-13-23(14-10-19)37(41)42)34(32(39)25-7-2-3-8-26(25)33(34)40)28-16-11-20-17-22(35)12-15-27(20)36(28)30/h2-18,28-30H,1H3/t28-,29+,30+/m1/s1. The molecule has 2 heterocycles. The molecule has 3 aliphatic rings. The van der Waals surface area contributed by atoms with Gasteiger partial charge in [0.1, 0.15) is 23.0 Å². The van der Waals surface area contributed by atoms with Gasteiger partial charge >= 0.3 is 0 Å². The number of hydrogen-bond donors (Lipinski definition) is 0. The van der Waals surface area contributed by atoms with E-state index in [1.807, 2.05) is 0 Å². The molecule has 0 aromatic heterocycles. The highest BCUT2D eigenvalue weighted by atomic mass is 19.1. The minimum atomic E-state index is -1.78. The van der Waals surface area contributed by atoms with E-state index in [-0.39, 0.29) is 22.6 Å². The highest BCUT2D eigenvalue weighted by molar-refractivity contribution is 6.32. The molecular weight excluding hydrogens is 551 g/mol. The zero-order valence-electron chi connectivity index (χ0n) is 22.8. The van der Waals surface area contributed by atoms with Gasteiger partial charge in [-0.2, -0.15) is 0 Å². The number of nitrogens with zero attached hydrogens (tertiary/aromatic N) is 2. The molecule has 1 fully saturated rings. The Kier molecular flexibility index (Phi) is 5.88. The summed E-state index contributed by atoms with van der Waals surface area (Å²) in [5.41, 5.74) is 0.275. The number of carbonyl (C=O) groups is 3. The fourth-order valence-electron chi connectivity index (χ4n) is 7.07. The molecule has 2 aliphatic heterocycles. The van der Waals surface area contributed by atoms with E-state index in [9.17, 15) is 28.9 Å². The highest BCUT2D eigenvalue weighted by Gasteiger charge is 2.71. The first kappa shape index (κ1) is 26.5. The van der Waals surface area contributed by atoms with Gasteiger partial charge in [-0.05, 0) is 35.9 Å². The van der Waals surface area contributed by atoms with Gasteiger partial charge in [0, 0.05) is 46.0 Å². The van der Waals surface area contributed by atoms with Crippen LogP contribution in [0.2, 0.25) is 0 Å². The molecule has 3 atom stereocenters. The smallest absolute Gasteiger partial charge is 0.269 e. The SMILES string of the molecule is COc1cccc(C(=O)[C@@H]2[C@H](c3ccc([N+](=O)[O-])cc3)C3(C(=O)c4ccccc4C3=O)[C@H]3C=Cc4cc(F)ccc4N23)c1. The van der Waals surface area contributed by atoms with Crippen molar-refractivity contribution < 1.29 is 28.4 Å². The first-order valence-electron chi connectivity index (χ1n) is 13.6. The largest absolute Gasteiger partial charge is 0.497 e. The third-order valence-electron chi connectivity index (χ3n) is 8.85. The monoisotopic (exact) mass is 574 g/mol. The molecule has 1 spiro atoms. The van der Waals surface area contributed by atoms with Gasteiger partial charge in [0.25, 0.3) is 5.69 Å². The second-order valence-corrected chi connectivity index (χ2v) is 10.9. The molecule has 1 saturated heterocycles. The number of halogens is 1. The number of ketones is 3. The molecule has 9 heteroatoms. The first-order valence-corrected chi connectivity index (χ1v) is 13.6. The molecule has 0 amide bonds. The number of nitro groups is 1. The van der Waals surface area contributed by atoms with Crippen LogP contribution in [0, 0.1) is 21.3 Å². The number of fused-ring (bicyclic) bond motifs is 5. The molecule has 0 bridgehead atoms. The lowest BCUT2D eigenvalue weighted by atomic mass is 9.64. The quantitative estimate of drug-likeness (QED) is 0.123. The van der Waals surface area contributed by atoms with E-state index in [2.05, 4.69) is 0 Å². The summed E-state index contributed by atoms with van der Waals surface area (Å²) in [4.78, 5) is 56.7. The lowest BCUT2D eigenvalue weighted by Gasteiger charge is -2.37. The fourth-order valence-corrected chi connectivity index (χ4v) is 7.07. The van der Waals surface area contributed by atoms with E-state index in [0.29, 0.717) is 28.1 Å². The van der Waals surface area contributed by atoms with E-state index in [4.69, 9.17) is 4.74 Å². The van der Waals surface area contributed by atoms with Crippen LogP contribution in [0.15, 0.2) is 97.1 Å². The zero-order chi connectivity index (χ0) is 30.0. The van der Waals surface area contributed by atoms with Crippen LogP contribution in [0.3, 0.4) is 0 Å². The Labute approximate surface area is 245 Å². The molecule has 0 radical (unpaired) electrons. The number of methoxy groups -OCH3 is 1.